The van der Waals surface area contributed by atoms with Gasteiger partial charge in [-0.05, 0) is 26.2 Å². The van der Waals surface area contributed by atoms with Crippen molar-refractivity contribution in [1.29, 1.82) is 0 Å². The lowest BCUT2D eigenvalue weighted by Gasteiger charge is -2.13. The van der Waals surface area contributed by atoms with Crippen molar-refractivity contribution >= 4 is 12.0 Å². The number of rotatable bonds is 5. The highest BCUT2D eigenvalue weighted by atomic mass is 16.4. The van der Waals surface area contributed by atoms with Crippen LogP contribution >= 0.6 is 0 Å². The maximum Gasteiger partial charge on any atom is 0.322 e. The van der Waals surface area contributed by atoms with Crippen molar-refractivity contribution in [1.82, 2.24) is 10.3 Å². The molecule has 0 aliphatic rings. The van der Waals surface area contributed by atoms with E-state index in [4.69, 9.17) is 4.42 Å². The maximum absolute atomic E-state index is 11.5. The maximum atomic E-state index is 11.5. The molecule has 0 aromatic carbocycles. The monoisotopic (exact) mass is 255 g/mol. The van der Waals surface area contributed by atoms with Gasteiger partial charge in [0.2, 0.25) is 0 Å². The van der Waals surface area contributed by atoms with Crippen molar-refractivity contribution in [3.63, 3.8) is 0 Å². The molecule has 0 spiro atoms. The van der Waals surface area contributed by atoms with Gasteiger partial charge < -0.3 is 14.8 Å². The molecule has 3 N–H and O–H groups in total. The van der Waals surface area contributed by atoms with Gasteiger partial charge in [-0.15, -0.1) is 0 Å². The normalized spacial score (nSPS) is 12.6. The molecule has 1 unspecified atom stereocenters. The molecule has 0 bridgehead atoms. The Kier molecular flexibility index (Phi) is 5.15. The number of anilines is 1. The molecule has 0 aliphatic heterocycles. The van der Waals surface area contributed by atoms with Crippen molar-refractivity contribution in [3.05, 3.63) is 11.5 Å². The SMILES string of the molecule is Cc1nc(NC(=O)NCC(O)CC(C)C)oc1C. The minimum Gasteiger partial charge on any atom is -0.428 e. The standard InChI is InChI=1S/C12H21N3O3/c1-7(2)5-10(16)6-13-11(17)15-12-14-8(3)9(4)18-12/h7,10,16H,5-6H2,1-4H3,(H2,13,14,15,17). The highest BCUT2D eigenvalue weighted by Crippen LogP contribution is 2.12. The number of oxazole rings is 1. The number of aliphatic hydroxyl groups excluding tert-OH is 1. The number of nitrogens with one attached hydrogen (secondary N) is 2. The van der Waals surface area contributed by atoms with Crippen LogP contribution in [-0.2, 0) is 0 Å². The van der Waals surface area contributed by atoms with E-state index >= 15 is 0 Å². The summed E-state index contributed by atoms with van der Waals surface area (Å²) >= 11 is 0. The second-order valence-corrected chi connectivity index (χ2v) is 4.78. The fourth-order valence-electron chi connectivity index (χ4n) is 1.51. The van der Waals surface area contributed by atoms with Crippen LogP contribution in [0.15, 0.2) is 4.42 Å². The van der Waals surface area contributed by atoms with E-state index in [9.17, 15) is 9.90 Å². The summed E-state index contributed by atoms with van der Waals surface area (Å²) in [6.07, 6.45) is 0.112. The first-order valence-corrected chi connectivity index (χ1v) is 6.05. The predicted octanol–water partition coefficient (Wildman–Crippen LogP) is 1.82. The number of hydrogen-bond acceptors (Lipinski definition) is 4. The van der Waals surface area contributed by atoms with Gasteiger partial charge in [0, 0.05) is 6.54 Å². The molecule has 2 amide bonds. The number of urea groups is 1. The third-order valence-electron chi connectivity index (χ3n) is 2.49. The summed E-state index contributed by atoms with van der Waals surface area (Å²) in [5, 5.41) is 14.6. The Hall–Kier alpha value is -1.56. The molecule has 0 radical (unpaired) electrons. The highest BCUT2D eigenvalue weighted by Gasteiger charge is 2.11. The van der Waals surface area contributed by atoms with Gasteiger partial charge in [-0.2, -0.15) is 4.98 Å². The number of carbonyl (C=O) groups excluding carboxylic acids is 1. The molecule has 0 fully saturated rings. The Morgan fingerprint density at radius 3 is 2.61 bits per heavy atom. The lowest BCUT2D eigenvalue weighted by atomic mass is 10.1. The van der Waals surface area contributed by atoms with Gasteiger partial charge in [-0.3, -0.25) is 5.32 Å². The Morgan fingerprint density at radius 1 is 1.44 bits per heavy atom. The first kappa shape index (κ1) is 14.5. The number of nitrogens with zero attached hydrogens (tertiary/aromatic N) is 1. The van der Waals surface area contributed by atoms with E-state index in [2.05, 4.69) is 15.6 Å². The van der Waals surface area contributed by atoms with E-state index in [1.165, 1.54) is 0 Å². The van der Waals surface area contributed by atoms with Crippen LogP contribution in [0.1, 0.15) is 31.7 Å². The Balaban J connectivity index is 2.33. The molecule has 1 atom stereocenters. The second-order valence-electron chi connectivity index (χ2n) is 4.78. The van der Waals surface area contributed by atoms with Crippen molar-refractivity contribution in [3.8, 4) is 0 Å². The van der Waals surface area contributed by atoms with Crippen LogP contribution in [0.2, 0.25) is 0 Å². The number of aryl methyl sites for hydroxylation is 2. The van der Waals surface area contributed by atoms with Crippen LogP contribution in [0.5, 0.6) is 0 Å². The lowest BCUT2D eigenvalue weighted by Crippen LogP contribution is -2.35. The molecule has 18 heavy (non-hydrogen) atoms. The Morgan fingerprint density at radius 2 is 2.11 bits per heavy atom. The van der Waals surface area contributed by atoms with Gasteiger partial charge in [0.05, 0.1) is 11.8 Å². The van der Waals surface area contributed by atoms with E-state index in [1.807, 2.05) is 13.8 Å². The molecule has 6 nitrogen and oxygen atoms in total. The zero-order chi connectivity index (χ0) is 13.7. The molecule has 102 valence electrons. The van der Waals surface area contributed by atoms with Gasteiger partial charge in [0.15, 0.2) is 0 Å². The molecule has 1 aromatic rings. The third kappa shape index (κ3) is 4.75. The molecule has 1 rings (SSSR count). The Bertz CT molecular complexity index is 382. The molecule has 0 aliphatic carbocycles. The zero-order valence-corrected chi connectivity index (χ0v) is 11.3. The number of hydrogen-bond donors (Lipinski definition) is 3. The van der Waals surface area contributed by atoms with Gasteiger partial charge in [0.25, 0.3) is 0 Å². The average molecular weight is 255 g/mol. The van der Waals surface area contributed by atoms with Crippen molar-refractivity contribution in [2.75, 3.05) is 11.9 Å². The fourth-order valence-corrected chi connectivity index (χ4v) is 1.51. The summed E-state index contributed by atoms with van der Waals surface area (Å²) in [5.74, 6) is 1.06. The minimum atomic E-state index is -0.538. The van der Waals surface area contributed by atoms with Gasteiger partial charge >= 0.3 is 12.0 Å². The van der Waals surface area contributed by atoms with Crippen molar-refractivity contribution < 1.29 is 14.3 Å². The van der Waals surface area contributed by atoms with E-state index in [1.54, 1.807) is 13.8 Å². The molecule has 0 saturated heterocycles. The first-order valence-electron chi connectivity index (χ1n) is 6.05. The number of carbonyl (C=O) groups is 1. The van der Waals surface area contributed by atoms with Crippen LogP contribution in [-0.4, -0.2) is 28.8 Å². The van der Waals surface area contributed by atoms with Crippen LogP contribution < -0.4 is 10.6 Å². The first-order chi connectivity index (χ1) is 8.38. The van der Waals surface area contributed by atoms with Gasteiger partial charge in [0.1, 0.15) is 5.76 Å². The molecule has 1 aromatic heterocycles. The minimum absolute atomic E-state index is 0.167. The van der Waals surface area contributed by atoms with E-state index in [0.717, 1.165) is 5.69 Å². The summed E-state index contributed by atoms with van der Waals surface area (Å²) in [4.78, 5) is 15.5. The summed E-state index contributed by atoms with van der Waals surface area (Å²) in [6.45, 7) is 7.82. The van der Waals surface area contributed by atoms with Gasteiger partial charge in [-0.1, -0.05) is 13.8 Å². The average Bonchev–Trinajstić information content (AvgIpc) is 2.54. The molecular formula is C12H21N3O3. The summed E-state index contributed by atoms with van der Waals surface area (Å²) < 4.78 is 5.21. The van der Waals surface area contributed by atoms with Crippen molar-refractivity contribution in [2.45, 2.75) is 40.2 Å². The summed E-state index contributed by atoms with van der Waals surface area (Å²) in [5.41, 5.74) is 0.741. The van der Waals surface area contributed by atoms with Crippen LogP contribution in [0.25, 0.3) is 0 Å². The topological polar surface area (TPSA) is 87.4 Å². The van der Waals surface area contributed by atoms with Crippen LogP contribution in [0.4, 0.5) is 10.8 Å². The molecule has 1 heterocycles. The molecule has 0 saturated carbocycles. The number of amides is 2. The smallest absolute Gasteiger partial charge is 0.322 e. The summed E-state index contributed by atoms with van der Waals surface area (Å²) in [7, 11) is 0. The van der Waals surface area contributed by atoms with Crippen LogP contribution in [0.3, 0.4) is 0 Å². The predicted molar refractivity (Wildman–Crippen MR) is 68.5 cm³/mol. The van der Waals surface area contributed by atoms with Gasteiger partial charge in [-0.25, -0.2) is 4.79 Å². The quantitative estimate of drug-likeness (QED) is 0.749. The molecule has 6 heteroatoms. The van der Waals surface area contributed by atoms with E-state index < -0.39 is 12.1 Å². The highest BCUT2D eigenvalue weighted by molar-refractivity contribution is 5.86. The second kappa shape index (κ2) is 6.39. The third-order valence-corrected chi connectivity index (χ3v) is 2.49. The van der Waals surface area contributed by atoms with E-state index in [0.29, 0.717) is 18.1 Å². The van der Waals surface area contributed by atoms with Crippen molar-refractivity contribution in [2.24, 2.45) is 5.92 Å². The molecular weight excluding hydrogens is 234 g/mol. The fraction of sp³-hybridized carbons (Fsp3) is 0.667. The van der Waals surface area contributed by atoms with Crippen LogP contribution in [0, 0.1) is 19.8 Å². The summed E-state index contributed by atoms with van der Waals surface area (Å²) in [6, 6.07) is -0.264. The van der Waals surface area contributed by atoms with E-state index in [-0.39, 0.29) is 12.6 Å². The number of aliphatic hydroxyl groups is 1. The Labute approximate surface area is 107 Å². The lowest BCUT2D eigenvalue weighted by molar-refractivity contribution is 0.148. The largest absolute Gasteiger partial charge is 0.428 e. The zero-order valence-electron chi connectivity index (χ0n) is 11.3. The number of aromatic nitrogens is 1.